The predicted molar refractivity (Wildman–Crippen MR) is 36.6 cm³/mol. The molecule has 0 aromatic carbocycles. The third kappa shape index (κ3) is 6.82. The summed E-state index contributed by atoms with van der Waals surface area (Å²) < 4.78 is 23.6. The van der Waals surface area contributed by atoms with Crippen LogP contribution in [0.1, 0.15) is 6.42 Å². The van der Waals surface area contributed by atoms with E-state index in [0.29, 0.717) is 0 Å². The van der Waals surface area contributed by atoms with Crippen molar-refractivity contribution in [2.75, 3.05) is 0 Å². The molecule has 0 aromatic heterocycles. The molecule has 0 aromatic rings. The smallest absolute Gasteiger partial charge is 0.194 e. The van der Waals surface area contributed by atoms with E-state index >= 15 is 0 Å². The molecule has 0 spiro atoms. The first-order valence-electron chi connectivity index (χ1n) is 1.96. The van der Waals surface area contributed by atoms with Gasteiger partial charge in [0.25, 0.3) is 0 Å². The van der Waals surface area contributed by atoms with Gasteiger partial charge in [0.1, 0.15) is 0 Å². The predicted octanol–water partition coefficient (Wildman–Crippen LogP) is 2.96. The van der Waals surface area contributed by atoms with Gasteiger partial charge in [-0.15, -0.1) is 0 Å². The van der Waals surface area contributed by atoms with Crippen LogP contribution in [0.5, 0.6) is 0 Å². The summed E-state index contributed by atoms with van der Waals surface area (Å²) in [5.41, 5.74) is 0. The van der Waals surface area contributed by atoms with E-state index < -0.39 is 9.66 Å². The SMILES string of the molecule is [CH2]C(Br)CC(F)(F)Br. The Morgan fingerprint density at radius 2 is 2.00 bits per heavy atom. The third-order valence-corrected chi connectivity index (χ3v) is 1.10. The van der Waals surface area contributed by atoms with Gasteiger partial charge in [0.05, 0.1) is 0 Å². The van der Waals surface area contributed by atoms with Crippen LogP contribution in [0.2, 0.25) is 0 Å². The molecule has 0 N–H and O–H groups in total. The first-order valence-corrected chi connectivity index (χ1v) is 3.66. The van der Waals surface area contributed by atoms with Crippen LogP contribution in [0.15, 0.2) is 0 Å². The van der Waals surface area contributed by atoms with E-state index in [2.05, 4.69) is 38.8 Å². The van der Waals surface area contributed by atoms with Gasteiger partial charge in [-0.25, -0.2) is 0 Å². The summed E-state index contributed by atoms with van der Waals surface area (Å²) in [5, 5.41) is 0. The van der Waals surface area contributed by atoms with Crippen molar-refractivity contribution in [2.45, 2.75) is 16.1 Å². The second kappa shape index (κ2) is 3.11. The summed E-state index contributed by atoms with van der Waals surface area (Å²) in [6.07, 6.45) is -0.285. The summed E-state index contributed by atoms with van der Waals surface area (Å²) in [6.45, 7) is 3.33. The highest BCUT2D eigenvalue weighted by atomic mass is 79.9. The number of hydrogen-bond donors (Lipinski definition) is 0. The molecule has 0 saturated heterocycles. The molecule has 0 aliphatic rings. The lowest BCUT2D eigenvalue weighted by molar-refractivity contribution is 0.107. The molecule has 0 aliphatic heterocycles. The Kier molecular flexibility index (Phi) is 3.43. The van der Waals surface area contributed by atoms with Crippen LogP contribution < -0.4 is 0 Å². The molecule has 1 unspecified atom stereocenters. The van der Waals surface area contributed by atoms with Gasteiger partial charge < -0.3 is 0 Å². The van der Waals surface area contributed by atoms with Crippen LogP contribution in [0.4, 0.5) is 8.78 Å². The van der Waals surface area contributed by atoms with Crippen molar-refractivity contribution in [1.82, 2.24) is 0 Å². The largest absolute Gasteiger partial charge is 0.302 e. The summed E-state index contributed by atoms with van der Waals surface area (Å²) in [4.78, 5) is -3.17. The van der Waals surface area contributed by atoms with E-state index in [4.69, 9.17) is 0 Å². The zero-order chi connectivity index (χ0) is 6.78. The molecule has 0 aliphatic carbocycles. The average Bonchev–Trinajstić information content (AvgIpc) is 1.21. The number of hydrogen-bond acceptors (Lipinski definition) is 0. The Hall–Kier alpha value is 0.820. The Morgan fingerprint density at radius 1 is 1.62 bits per heavy atom. The van der Waals surface area contributed by atoms with Crippen molar-refractivity contribution in [3.63, 3.8) is 0 Å². The molecular formula is C4H5Br2F2. The fourth-order valence-corrected chi connectivity index (χ4v) is 1.48. The fraction of sp³-hybridized carbons (Fsp3) is 0.750. The molecular weight excluding hydrogens is 246 g/mol. The van der Waals surface area contributed by atoms with Crippen molar-refractivity contribution in [3.8, 4) is 0 Å². The Bertz CT molecular complexity index is 66.9. The summed E-state index contributed by atoms with van der Waals surface area (Å²) >= 11 is 5.06. The van der Waals surface area contributed by atoms with Crippen LogP contribution in [0.25, 0.3) is 0 Å². The van der Waals surface area contributed by atoms with Crippen molar-refractivity contribution in [2.24, 2.45) is 0 Å². The Labute approximate surface area is 63.9 Å². The summed E-state index contributed by atoms with van der Waals surface area (Å²) in [7, 11) is 0. The molecule has 8 heavy (non-hydrogen) atoms. The monoisotopic (exact) mass is 249 g/mol. The maximum absolute atomic E-state index is 11.8. The Morgan fingerprint density at radius 3 is 2.00 bits per heavy atom. The van der Waals surface area contributed by atoms with Crippen LogP contribution in [-0.2, 0) is 0 Å². The summed E-state index contributed by atoms with van der Waals surface area (Å²) in [6, 6.07) is 0. The first kappa shape index (κ1) is 8.82. The molecule has 0 bridgehead atoms. The van der Waals surface area contributed by atoms with E-state index in [0.717, 1.165) is 0 Å². The van der Waals surface area contributed by atoms with Crippen molar-refractivity contribution in [3.05, 3.63) is 6.92 Å². The Balaban J connectivity index is 3.39. The molecule has 0 fully saturated rings. The number of halogens is 4. The maximum atomic E-state index is 11.8. The molecule has 0 nitrogen and oxygen atoms in total. The first-order chi connectivity index (χ1) is 3.42. The normalized spacial score (nSPS) is 16.1. The van der Waals surface area contributed by atoms with Gasteiger partial charge >= 0.3 is 4.83 Å². The van der Waals surface area contributed by atoms with E-state index in [-0.39, 0.29) is 6.42 Å². The molecule has 0 rings (SSSR count). The maximum Gasteiger partial charge on any atom is 0.302 e. The van der Waals surface area contributed by atoms with Crippen molar-refractivity contribution < 1.29 is 8.78 Å². The van der Waals surface area contributed by atoms with Gasteiger partial charge in [-0.3, -0.25) is 0 Å². The van der Waals surface area contributed by atoms with E-state index in [9.17, 15) is 8.78 Å². The van der Waals surface area contributed by atoms with Gasteiger partial charge in [-0.05, 0) is 22.9 Å². The summed E-state index contributed by atoms with van der Waals surface area (Å²) in [5.74, 6) is 0. The van der Waals surface area contributed by atoms with Crippen LogP contribution in [0.3, 0.4) is 0 Å². The average molecular weight is 251 g/mol. The molecule has 1 atom stereocenters. The molecule has 0 saturated carbocycles. The third-order valence-electron chi connectivity index (χ3n) is 0.453. The van der Waals surface area contributed by atoms with Gasteiger partial charge in [0, 0.05) is 11.2 Å². The van der Waals surface area contributed by atoms with E-state index in [1.54, 1.807) is 0 Å². The minimum Gasteiger partial charge on any atom is -0.194 e. The fourth-order valence-electron chi connectivity index (χ4n) is 0.251. The number of alkyl halides is 4. The molecule has 0 heterocycles. The lowest BCUT2D eigenvalue weighted by Gasteiger charge is -2.07. The topological polar surface area (TPSA) is 0 Å². The van der Waals surface area contributed by atoms with Crippen molar-refractivity contribution in [1.29, 1.82) is 0 Å². The molecule has 0 amide bonds. The minimum absolute atomic E-state index is 0.285. The van der Waals surface area contributed by atoms with Crippen LogP contribution in [-0.4, -0.2) is 9.66 Å². The standard InChI is InChI=1S/C4H5Br2F2/c1-3(5)2-4(6,7)8/h3H,1-2H2. The zero-order valence-electron chi connectivity index (χ0n) is 4.00. The molecule has 4 heteroatoms. The lowest BCUT2D eigenvalue weighted by Crippen LogP contribution is -2.09. The quantitative estimate of drug-likeness (QED) is 0.661. The highest BCUT2D eigenvalue weighted by molar-refractivity contribution is 9.10. The second-order valence-electron chi connectivity index (χ2n) is 1.42. The molecule has 49 valence electrons. The van der Waals surface area contributed by atoms with Crippen LogP contribution >= 0.6 is 31.9 Å². The second-order valence-corrected chi connectivity index (χ2v) is 3.87. The highest BCUT2D eigenvalue weighted by Crippen LogP contribution is 2.29. The van der Waals surface area contributed by atoms with Crippen LogP contribution in [0, 0.1) is 6.92 Å². The van der Waals surface area contributed by atoms with Gasteiger partial charge in [-0.2, -0.15) is 8.78 Å². The number of rotatable bonds is 2. The van der Waals surface area contributed by atoms with Gasteiger partial charge in [-0.1, -0.05) is 15.9 Å². The zero-order valence-corrected chi connectivity index (χ0v) is 7.18. The van der Waals surface area contributed by atoms with Gasteiger partial charge in [0.2, 0.25) is 0 Å². The molecule has 1 radical (unpaired) electrons. The van der Waals surface area contributed by atoms with Gasteiger partial charge in [0.15, 0.2) is 0 Å². The van der Waals surface area contributed by atoms with E-state index in [1.165, 1.54) is 0 Å². The van der Waals surface area contributed by atoms with Crippen molar-refractivity contribution >= 4 is 31.9 Å². The highest BCUT2D eigenvalue weighted by Gasteiger charge is 2.25. The van der Waals surface area contributed by atoms with E-state index in [1.807, 2.05) is 0 Å². The minimum atomic E-state index is -2.77. The lowest BCUT2D eigenvalue weighted by atomic mass is 10.3.